The summed E-state index contributed by atoms with van der Waals surface area (Å²) < 4.78 is 43.1. The Morgan fingerprint density at radius 1 is 1.08 bits per heavy atom. The minimum absolute atomic E-state index is 0.0544. The first kappa shape index (κ1) is 19.5. The molecule has 0 bridgehead atoms. The molecule has 0 aliphatic rings. The maximum atomic E-state index is 12.5. The fourth-order valence-electron chi connectivity index (χ4n) is 2.26. The van der Waals surface area contributed by atoms with Gasteiger partial charge in [-0.1, -0.05) is 23.7 Å². The molecule has 0 saturated heterocycles. The second kappa shape index (κ2) is 8.53. The maximum Gasteiger partial charge on any atom is 0.240 e. The Morgan fingerprint density at radius 3 is 2.44 bits per heavy atom. The van der Waals surface area contributed by atoms with Crippen molar-refractivity contribution in [2.45, 2.75) is 11.0 Å². The highest BCUT2D eigenvalue weighted by Gasteiger charge is 2.19. The highest BCUT2D eigenvalue weighted by molar-refractivity contribution is 7.89. The lowest BCUT2D eigenvalue weighted by atomic mass is 10.1. The molecular formula is C17H20ClNO5S. The van der Waals surface area contributed by atoms with Gasteiger partial charge in [-0.15, -0.1) is 0 Å². The van der Waals surface area contributed by atoms with Crippen LogP contribution >= 0.6 is 11.6 Å². The number of benzene rings is 2. The van der Waals surface area contributed by atoms with E-state index in [-0.39, 0.29) is 16.5 Å². The quantitative estimate of drug-likeness (QED) is 0.756. The van der Waals surface area contributed by atoms with Gasteiger partial charge in [-0.2, -0.15) is 0 Å². The maximum absolute atomic E-state index is 12.5. The van der Waals surface area contributed by atoms with Crippen LogP contribution in [-0.4, -0.2) is 36.3 Å². The number of methoxy groups -OCH3 is 3. The number of rotatable bonds is 8. The molecule has 1 atom stereocenters. The predicted molar refractivity (Wildman–Crippen MR) is 95.9 cm³/mol. The van der Waals surface area contributed by atoms with Gasteiger partial charge in [0.2, 0.25) is 10.0 Å². The van der Waals surface area contributed by atoms with Crippen molar-refractivity contribution in [3.8, 4) is 11.5 Å². The molecule has 1 unspecified atom stereocenters. The molecule has 0 aliphatic carbocycles. The van der Waals surface area contributed by atoms with Crippen molar-refractivity contribution in [2.24, 2.45) is 0 Å². The Bertz CT molecular complexity index is 826. The summed E-state index contributed by atoms with van der Waals surface area (Å²) in [7, 11) is 0.808. The highest BCUT2D eigenvalue weighted by atomic mass is 35.5. The number of nitrogens with one attached hydrogen (secondary N) is 1. The molecule has 8 heteroatoms. The van der Waals surface area contributed by atoms with Crippen LogP contribution in [0.2, 0.25) is 5.02 Å². The topological polar surface area (TPSA) is 73.9 Å². The second-order valence-corrected chi connectivity index (χ2v) is 7.32. The van der Waals surface area contributed by atoms with Crippen LogP contribution in [0, 0.1) is 0 Å². The zero-order valence-electron chi connectivity index (χ0n) is 14.2. The van der Waals surface area contributed by atoms with Crippen molar-refractivity contribution in [3.63, 3.8) is 0 Å². The predicted octanol–water partition coefficient (Wildman–Crippen LogP) is 3.02. The van der Waals surface area contributed by atoms with Crippen LogP contribution in [0.4, 0.5) is 0 Å². The Labute approximate surface area is 152 Å². The number of hydrogen-bond acceptors (Lipinski definition) is 5. The second-order valence-electron chi connectivity index (χ2n) is 5.15. The normalized spacial score (nSPS) is 12.6. The molecule has 0 saturated carbocycles. The molecule has 2 aromatic rings. The lowest BCUT2D eigenvalue weighted by Gasteiger charge is -2.17. The molecule has 0 heterocycles. The lowest BCUT2D eigenvalue weighted by molar-refractivity contribution is 0.107. The van der Waals surface area contributed by atoms with E-state index in [4.69, 9.17) is 25.8 Å². The molecule has 0 radical (unpaired) electrons. The summed E-state index contributed by atoms with van der Waals surface area (Å²) in [4.78, 5) is 0.0544. The summed E-state index contributed by atoms with van der Waals surface area (Å²) in [5, 5.41) is 0.224. The van der Waals surface area contributed by atoms with E-state index in [9.17, 15) is 8.42 Å². The summed E-state index contributed by atoms with van der Waals surface area (Å²) in [6.45, 7) is 0.0651. The zero-order chi connectivity index (χ0) is 18.4. The van der Waals surface area contributed by atoms with Crippen molar-refractivity contribution in [2.75, 3.05) is 27.9 Å². The smallest absolute Gasteiger partial charge is 0.240 e. The number of hydrogen-bond donors (Lipinski definition) is 1. The van der Waals surface area contributed by atoms with Gasteiger partial charge < -0.3 is 14.2 Å². The van der Waals surface area contributed by atoms with Crippen LogP contribution in [0.5, 0.6) is 11.5 Å². The van der Waals surface area contributed by atoms with E-state index in [1.165, 1.54) is 32.4 Å². The van der Waals surface area contributed by atoms with Crippen molar-refractivity contribution < 1.29 is 22.6 Å². The molecule has 0 spiro atoms. The number of halogens is 1. The van der Waals surface area contributed by atoms with Crippen molar-refractivity contribution in [3.05, 3.63) is 53.1 Å². The van der Waals surface area contributed by atoms with E-state index >= 15 is 0 Å². The monoisotopic (exact) mass is 385 g/mol. The van der Waals surface area contributed by atoms with Gasteiger partial charge in [-0.05, 0) is 35.9 Å². The van der Waals surface area contributed by atoms with Gasteiger partial charge in [-0.3, -0.25) is 0 Å². The van der Waals surface area contributed by atoms with E-state index in [1.54, 1.807) is 19.2 Å². The van der Waals surface area contributed by atoms with E-state index in [0.29, 0.717) is 11.5 Å². The van der Waals surface area contributed by atoms with Crippen molar-refractivity contribution >= 4 is 21.6 Å². The fraction of sp³-hybridized carbons (Fsp3) is 0.294. The number of sulfonamides is 1. The highest BCUT2D eigenvalue weighted by Crippen LogP contribution is 2.27. The summed E-state index contributed by atoms with van der Waals surface area (Å²) >= 11 is 6.00. The third-order valence-electron chi connectivity index (χ3n) is 3.64. The average Bonchev–Trinajstić information content (AvgIpc) is 2.62. The zero-order valence-corrected chi connectivity index (χ0v) is 15.7. The minimum atomic E-state index is -3.74. The van der Waals surface area contributed by atoms with Gasteiger partial charge in [0, 0.05) is 13.7 Å². The number of ether oxygens (including phenoxy) is 3. The van der Waals surface area contributed by atoms with Crippen LogP contribution in [0.1, 0.15) is 11.7 Å². The van der Waals surface area contributed by atoms with Gasteiger partial charge in [0.05, 0.1) is 30.2 Å². The largest absolute Gasteiger partial charge is 0.497 e. The fourth-order valence-corrected chi connectivity index (χ4v) is 3.64. The molecular weight excluding hydrogens is 366 g/mol. The van der Waals surface area contributed by atoms with E-state index in [0.717, 1.165) is 5.56 Å². The summed E-state index contributed by atoms with van der Waals surface area (Å²) in [6, 6.07) is 11.5. The van der Waals surface area contributed by atoms with Gasteiger partial charge in [0.15, 0.2) is 0 Å². The molecule has 1 N–H and O–H groups in total. The first-order valence-corrected chi connectivity index (χ1v) is 9.27. The molecule has 0 aliphatic heterocycles. The van der Waals surface area contributed by atoms with Crippen LogP contribution < -0.4 is 14.2 Å². The molecule has 6 nitrogen and oxygen atoms in total. The third kappa shape index (κ3) is 4.85. The van der Waals surface area contributed by atoms with E-state index in [2.05, 4.69) is 4.72 Å². The minimum Gasteiger partial charge on any atom is -0.497 e. The first-order valence-electron chi connectivity index (χ1n) is 7.41. The van der Waals surface area contributed by atoms with Gasteiger partial charge in [-0.25, -0.2) is 13.1 Å². The molecule has 25 heavy (non-hydrogen) atoms. The molecule has 0 fully saturated rings. The van der Waals surface area contributed by atoms with Crippen LogP contribution in [-0.2, 0) is 14.8 Å². The standard InChI is InChI=1S/C17H20ClNO5S/c1-22-13-6-4-5-12(9-13)17(24-3)11-19-25(20,21)14-7-8-16(23-2)15(18)10-14/h4-10,17,19H,11H2,1-3H3. The Kier molecular flexibility index (Phi) is 6.66. The molecule has 0 aromatic heterocycles. The van der Waals surface area contributed by atoms with E-state index < -0.39 is 16.1 Å². The summed E-state index contributed by atoms with van der Waals surface area (Å²) in [6.07, 6.45) is -0.460. The Balaban J connectivity index is 2.15. The molecule has 2 rings (SSSR count). The Hall–Kier alpha value is -1.80. The molecule has 2 aromatic carbocycles. The van der Waals surface area contributed by atoms with Crippen molar-refractivity contribution in [1.82, 2.24) is 4.72 Å². The summed E-state index contributed by atoms with van der Waals surface area (Å²) in [5.41, 5.74) is 0.803. The van der Waals surface area contributed by atoms with E-state index in [1.807, 2.05) is 12.1 Å². The Morgan fingerprint density at radius 2 is 1.84 bits per heavy atom. The first-order chi connectivity index (χ1) is 11.9. The van der Waals surface area contributed by atoms with Crippen LogP contribution in [0.15, 0.2) is 47.4 Å². The van der Waals surface area contributed by atoms with Crippen LogP contribution in [0.3, 0.4) is 0 Å². The molecule has 136 valence electrons. The summed E-state index contributed by atoms with van der Waals surface area (Å²) in [5.74, 6) is 1.08. The average molecular weight is 386 g/mol. The SMILES string of the molecule is COc1cccc(C(CNS(=O)(=O)c2ccc(OC)c(Cl)c2)OC)c1. The lowest BCUT2D eigenvalue weighted by Crippen LogP contribution is -2.29. The molecule has 0 amide bonds. The van der Waals surface area contributed by atoms with Crippen LogP contribution in [0.25, 0.3) is 0 Å². The third-order valence-corrected chi connectivity index (χ3v) is 5.36. The van der Waals surface area contributed by atoms with Gasteiger partial charge >= 0.3 is 0 Å². The van der Waals surface area contributed by atoms with Gasteiger partial charge in [0.25, 0.3) is 0 Å². The van der Waals surface area contributed by atoms with Crippen molar-refractivity contribution in [1.29, 1.82) is 0 Å². The van der Waals surface area contributed by atoms with Gasteiger partial charge in [0.1, 0.15) is 11.5 Å².